The van der Waals surface area contributed by atoms with E-state index in [-0.39, 0.29) is 22.9 Å². The van der Waals surface area contributed by atoms with E-state index in [9.17, 15) is 14.4 Å². The molecule has 1 aromatic heterocycles. The van der Waals surface area contributed by atoms with Crippen molar-refractivity contribution in [3.63, 3.8) is 0 Å². The van der Waals surface area contributed by atoms with E-state index in [4.69, 9.17) is 5.11 Å². The van der Waals surface area contributed by atoms with Gasteiger partial charge in [-0.3, -0.25) is 9.59 Å². The molecule has 136 valence electrons. The van der Waals surface area contributed by atoms with Crippen molar-refractivity contribution in [1.82, 2.24) is 9.88 Å². The third kappa shape index (κ3) is 4.24. The minimum atomic E-state index is -1.09. The number of hydrogen-bond acceptors (Lipinski definition) is 4. The lowest BCUT2D eigenvalue weighted by Gasteiger charge is -2.19. The van der Waals surface area contributed by atoms with Crippen LogP contribution in [0.25, 0.3) is 0 Å². The number of nitrogens with zero attached hydrogens (tertiary/aromatic N) is 2. The fraction of sp³-hybridized carbons (Fsp3) is 0.263. The fourth-order valence-corrected chi connectivity index (χ4v) is 2.53. The van der Waals surface area contributed by atoms with Gasteiger partial charge >= 0.3 is 5.97 Å². The van der Waals surface area contributed by atoms with Crippen LogP contribution in [-0.4, -0.2) is 45.9 Å². The Morgan fingerprint density at radius 1 is 1.12 bits per heavy atom. The van der Waals surface area contributed by atoms with Gasteiger partial charge in [0.1, 0.15) is 5.69 Å². The zero-order valence-electron chi connectivity index (χ0n) is 14.9. The number of anilines is 1. The van der Waals surface area contributed by atoms with Gasteiger partial charge in [0.2, 0.25) is 0 Å². The predicted octanol–water partition coefficient (Wildman–Crippen LogP) is 2.82. The van der Waals surface area contributed by atoms with E-state index in [1.807, 2.05) is 13.8 Å². The van der Waals surface area contributed by atoms with Crippen molar-refractivity contribution >= 4 is 23.5 Å². The Morgan fingerprint density at radius 3 is 2.38 bits per heavy atom. The number of carboxylic acid groups (broad SMARTS) is 1. The van der Waals surface area contributed by atoms with Gasteiger partial charge < -0.3 is 15.3 Å². The molecule has 7 nitrogen and oxygen atoms in total. The van der Waals surface area contributed by atoms with E-state index in [0.29, 0.717) is 24.3 Å². The highest BCUT2D eigenvalue weighted by Crippen LogP contribution is 2.15. The molecule has 0 spiro atoms. The molecule has 1 aromatic carbocycles. The topological polar surface area (TPSA) is 99.6 Å². The Balaban J connectivity index is 2.19. The summed E-state index contributed by atoms with van der Waals surface area (Å²) in [5, 5.41) is 11.7. The molecule has 7 heteroatoms. The van der Waals surface area contributed by atoms with Crippen molar-refractivity contribution in [2.24, 2.45) is 0 Å². The minimum Gasteiger partial charge on any atom is -0.478 e. The van der Waals surface area contributed by atoms with Gasteiger partial charge in [-0.25, -0.2) is 9.78 Å². The van der Waals surface area contributed by atoms with Crippen molar-refractivity contribution in [2.75, 3.05) is 18.4 Å². The number of nitrogens with one attached hydrogen (secondary N) is 1. The van der Waals surface area contributed by atoms with Crippen LogP contribution in [0.15, 0.2) is 36.4 Å². The monoisotopic (exact) mass is 355 g/mol. The summed E-state index contributed by atoms with van der Waals surface area (Å²) in [6.45, 7) is 6.54. The summed E-state index contributed by atoms with van der Waals surface area (Å²) in [6.07, 6.45) is 0. The predicted molar refractivity (Wildman–Crippen MR) is 97.6 cm³/mol. The second-order valence-electron chi connectivity index (χ2n) is 5.65. The average Bonchev–Trinajstić information content (AvgIpc) is 2.62. The van der Waals surface area contributed by atoms with Crippen LogP contribution in [0.2, 0.25) is 0 Å². The van der Waals surface area contributed by atoms with Gasteiger partial charge in [-0.2, -0.15) is 0 Å². The zero-order valence-corrected chi connectivity index (χ0v) is 14.9. The lowest BCUT2D eigenvalue weighted by molar-refractivity contribution is 0.0694. The largest absolute Gasteiger partial charge is 0.478 e. The summed E-state index contributed by atoms with van der Waals surface area (Å²) in [7, 11) is 0. The van der Waals surface area contributed by atoms with Crippen LogP contribution in [-0.2, 0) is 0 Å². The lowest BCUT2D eigenvalue weighted by Crippen LogP contribution is -2.30. The number of pyridine rings is 1. The number of hydrogen-bond donors (Lipinski definition) is 2. The van der Waals surface area contributed by atoms with Crippen LogP contribution in [0.3, 0.4) is 0 Å². The normalized spacial score (nSPS) is 10.3. The maximum Gasteiger partial charge on any atom is 0.337 e. The third-order valence-corrected chi connectivity index (χ3v) is 3.97. The molecule has 0 unspecified atom stereocenters. The maximum atomic E-state index is 12.4. The Labute approximate surface area is 151 Å². The number of carbonyl (C=O) groups excluding carboxylic acids is 2. The first-order valence-electron chi connectivity index (χ1n) is 8.29. The van der Waals surface area contributed by atoms with Crippen LogP contribution in [0.4, 0.5) is 5.69 Å². The maximum absolute atomic E-state index is 12.4. The Bertz CT molecular complexity index is 844. The number of aryl methyl sites for hydroxylation is 1. The summed E-state index contributed by atoms with van der Waals surface area (Å²) in [5.74, 6) is -1.67. The summed E-state index contributed by atoms with van der Waals surface area (Å²) >= 11 is 0. The van der Waals surface area contributed by atoms with Crippen molar-refractivity contribution < 1.29 is 19.5 Å². The summed E-state index contributed by atoms with van der Waals surface area (Å²) in [6, 6.07) is 9.38. The van der Waals surface area contributed by atoms with Gasteiger partial charge in [0.15, 0.2) is 0 Å². The number of carbonyl (C=O) groups is 3. The van der Waals surface area contributed by atoms with E-state index >= 15 is 0 Å². The van der Waals surface area contributed by atoms with E-state index in [1.165, 1.54) is 19.1 Å². The van der Waals surface area contributed by atoms with Gasteiger partial charge in [0, 0.05) is 24.3 Å². The lowest BCUT2D eigenvalue weighted by atomic mass is 10.1. The second kappa shape index (κ2) is 8.24. The van der Waals surface area contributed by atoms with Crippen molar-refractivity contribution in [3.05, 3.63) is 58.9 Å². The number of carboxylic acids is 1. The van der Waals surface area contributed by atoms with Gasteiger partial charge in [0.25, 0.3) is 11.8 Å². The molecule has 2 aromatic rings. The number of benzene rings is 1. The molecular weight excluding hydrogens is 334 g/mol. The highest BCUT2D eigenvalue weighted by atomic mass is 16.4. The van der Waals surface area contributed by atoms with Crippen LogP contribution in [0.1, 0.15) is 50.7 Å². The van der Waals surface area contributed by atoms with Gasteiger partial charge in [0.05, 0.1) is 11.3 Å². The first-order chi connectivity index (χ1) is 12.4. The first-order valence-corrected chi connectivity index (χ1v) is 8.29. The van der Waals surface area contributed by atoms with Crippen LogP contribution in [0.5, 0.6) is 0 Å². The van der Waals surface area contributed by atoms with Gasteiger partial charge in [-0.1, -0.05) is 6.07 Å². The molecule has 2 rings (SSSR count). The molecule has 0 fully saturated rings. The van der Waals surface area contributed by atoms with Crippen molar-refractivity contribution in [3.8, 4) is 0 Å². The quantitative estimate of drug-likeness (QED) is 0.830. The molecule has 0 radical (unpaired) electrons. The minimum absolute atomic E-state index is 0.0494. The van der Waals surface area contributed by atoms with Crippen LogP contribution >= 0.6 is 0 Å². The molecule has 1 heterocycles. The van der Waals surface area contributed by atoms with E-state index in [1.54, 1.807) is 29.2 Å². The Hall–Kier alpha value is -3.22. The summed E-state index contributed by atoms with van der Waals surface area (Å²) in [4.78, 5) is 41.5. The van der Waals surface area contributed by atoms with Gasteiger partial charge in [-0.15, -0.1) is 0 Å². The Morgan fingerprint density at radius 2 is 1.81 bits per heavy atom. The second-order valence-corrected chi connectivity index (χ2v) is 5.65. The molecule has 0 aliphatic rings. The molecule has 0 saturated carbocycles. The molecular formula is C19H21N3O4. The molecule has 0 saturated heterocycles. The number of rotatable bonds is 6. The summed E-state index contributed by atoms with van der Waals surface area (Å²) in [5.41, 5.74) is 1.36. The average molecular weight is 355 g/mol. The van der Waals surface area contributed by atoms with Crippen LogP contribution < -0.4 is 5.32 Å². The molecule has 0 aliphatic heterocycles. The number of aromatic carboxylic acids is 1. The highest BCUT2D eigenvalue weighted by molar-refractivity contribution is 6.04. The number of amides is 2. The van der Waals surface area contributed by atoms with Crippen LogP contribution in [0, 0.1) is 6.92 Å². The fourth-order valence-electron chi connectivity index (χ4n) is 2.53. The molecule has 0 bridgehead atoms. The van der Waals surface area contributed by atoms with E-state index < -0.39 is 11.9 Å². The molecule has 0 atom stereocenters. The van der Waals surface area contributed by atoms with Gasteiger partial charge in [-0.05, 0) is 51.1 Å². The van der Waals surface area contributed by atoms with E-state index in [0.717, 1.165) is 0 Å². The zero-order chi connectivity index (χ0) is 19.3. The third-order valence-electron chi connectivity index (χ3n) is 3.97. The Kier molecular flexibility index (Phi) is 6.06. The van der Waals surface area contributed by atoms with Crippen molar-refractivity contribution in [2.45, 2.75) is 20.8 Å². The van der Waals surface area contributed by atoms with Crippen molar-refractivity contribution in [1.29, 1.82) is 0 Å². The highest BCUT2D eigenvalue weighted by Gasteiger charge is 2.15. The smallest absolute Gasteiger partial charge is 0.337 e. The standard InChI is InChI=1S/C19H21N3O4/c1-4-22(5-2)18(24)13-7-6-8-14(11-13)21-17(23)16-10-9-15(19(25)26)12(3)20-16/h6-11H,4-5H2,1-3H3,(H,21,23)(H,25,26). The van der Waals surface area contributed by atoms with E-state index in [2.05, 4.69) is 10.3 Å². The first kappa shape index (κ1) is 19.1. The summed E-state index contributed by atoms with van der Waals surface area (Å²) < 4.78 is 0. The molecule has 2 N–H and O–H groups in total. The SMILES string of the molecule is CCN(CC)C(=O)c1cccc(NC(=O)c2ccc(C(=O)O)c(C)n2)c1. The number of aromatic nitrogens is 1. The molecule has 0 aliphatic carbocycles. The molecule has 26 heavy (non-hydrogen) atoms. The molecule has 2 amide bonds.